The van der Waals surface area contributed by atoms with Gasteiger partial charge in [-0.15, -0.1) is 0 Å². The zero-order valence-electron chi connectivity index (χ0n) is 8.29. The first-order valence-electron chi connectivity index (χ1n) is 4.40. The minimum atomic E-state index is -1.06. The minimum absolute atomic E-state index is 0.180. The van der Waals surface area contributed by atoms with Gasteiger partial charge in [0.15, 0.2) is 12.4 Å². The first kappa shape index (κ1) is 11.2. The SMILES string of the molecule is COC(=O)CC(C(=O)O)[n+]1ccccc1. The van der Waals surface area contributed by atoms with Crippen molar-refractivity contribution < 1.29 is 24.0 Å². The summed E-state index contributed by atoms with van der Waals surface area (Å²) in [5.41, 5.74) is 0. The molecule has 5 nitrogen and oxygen atoms in total. The summed E-state index contributed by atoms with van der Waals surface area (Å²) in [6.07, 6.45) is 3.02. The molecule has 5 heteroatoms. The number of nitrogens with zero attached hydrogens (tertiary/aromatic N) is 1. The van der Waals surface area contributed by atoms with Crippen molar-refractivity contribution in [1.29, 1.82) is 0 Å². The Hall–Kier alpha value is -1.91. The number of ether oxygens (including phenoxy) is 1. The number of carbonyl (C=O) groups excluding carboxylic acids is 1. The number of carboxylic acids is 1. The summed E-state index contributed by atoms with van der Waals surface area (Å²) in [6, 6.07) is 4.26. The molecule has 0 aliphatic carbocycles. The van der Waals surface area contributed by atoms with Crippen molar-refractivity contribution in [2.75, 3.05) is 7.11 Å². The van der Waals surface area contributed by atoms with Crippen molar-refractivity contribution in [2.45, 2.75) is 12.5 Å². The Bertz CT molecular complexity index is 350. The van der Waals surface area contributed by atoms with E-state index in [1.807, 2.05) is 0 Å². The Labute approximate surface area is 86.9 Å². The van der Waals surface area contributed by atoms with Crippen LogP contribution in [0.1, 0.15) is 12.5 Å². The van der Waals surface area contributed by atoms with Crippen molar-refractivity contribution in [3.63, 3.8) is 0 Å². The predicted octanol–water partition coefficient (Wildman–Crippen LogP) is 0.163. The zero-order chi connectivity index (χ0) is 11.3. The molecule has 1 aromatic rings. The van der Waals surface area contributed by atoms with Gasteiger partial charge in [-0.2, -0.15) is 4.57 Å². The second kappa shape index (κ2) is 5.09. The third kappa shape index (κ3) is 3.05. The van der Waals surface area contributed by atoms with E-state index in [0.29, 0.717) is 0 Å². The molecule has 1 heterocycles. The van der Waals surface area contributed by atoms with E-state index in [0.717, 1.165) is 0 Å². The molecule has 0 saturated heterocycles. The Morgan fingerprint density at radius 3 is 2.40 bits per heavy atom. The van der Waals surface area contributed by atoms with Crippen LogP contribution in [0.15, 0.2) is 30.6 Å². The van der Waals surface area contributed by atoms with Crippen molar-refractivity contribution >= 4 is 11.9 Å². The van der Waals surface area contributed by atoms with Gasteiger partial charge in [0.05, 0.1) is 7.11 Å². The molecule has 1 rings (SSSR count). The van der Waals surface area contributed by atoms with Gasteiger partial charge in [0.25, 0.3) is 6.04 Å². The Morgan fingerprint density at radius 2 is 1.93 bits per heavy atom. The molecule has 0 aliphatic rings. The van der Waals surface area contributed by atoms with Gasteiger partial charge in [-0.1, -0.05) is 6.07 Å². The largest absolute Gasteiger partial charge is 0.476 e. The average Bonchev–Trinajstić information content (AvgIpc) is 2.26. The standard InChI is InChI=1S/C10H11NO4/c1-15-9(12)7-8(10(13)14)11-5-3-2-4-6-11/h2-6,8H,7H2,1H3/p+1. The maximum atomic E-state index is 11.0. The molecule has 1 N–H and O–H groups in total. The lowest BCUT2D eigenvalue weighted by Gasteiger charge is -2.05. The van der Waals surface area contributed by atoms with E-state index in [1.54, 1.807) is 30.6 Å². The van der Waals surface area contributed by atoms with Gasteiger partial charge < -0.3 is 9.84 Å². The van der Waals surface area contributed by atoms with Crippen LogP contribution in [-0.2, 0) is 14.3 Å². The van der Waals surface area contributed by atoms with Gasteiger partial charge >= 0.3 is 11.9 Å². The maximum absolute atomic E-state index is 11.0. The summed E-state index contributed by atoms with van der Waals surface area (Å²) >= 11 is 0. The van der Waals surface area contributed by atoms with E-state index in [-0.39, 0.29) is 6.42 Å². The van der Waals surface area contributed by atoms with Crippen molar-refractivity contribution in [1.82, 2.24) is 0 Å². The van der Waals surface area contributed by atoms with Crippen LogP contribution < -0.4 is 4.57 Å². The number of hydrogen-bond donors (Lipinski definition) is 1. The Balaban J connectivity index is 2.84. The van der Waals surface area contributed by atoms with E-state index < -0.39 is 18.0 Å². The molecular formula is C10H12NO4+. The van der Waals surface area contributed by atoms with Crippen LogP contribution >= 0.6 is 0 Å². The van der Waals surface area contributed by atoms with Crippen molar-refractivity contribution in [3.8, 4) is 0 Å². The highest BCUT2D eigenvalue weighted by Gasteiger charge is 2.29. The normalized spacial score (nSPS) is 11.8. The number of carboxylic acid groups (broad SMARTS) is 1. The molecule has 0 bridgehead atoms. The molecule has 0 aliphatic heterocycles. The second-order valence-electron chi connectivity index (χ2n) is 2.96. The van der Waals surface area contributed by atoms with E-state index in [9.17, 15) is 9.59 Å². The van der Waals surface area contributed by atoms with Gasteiger partial charge in [-0.05, 0) is 0 Å². The minimum Gasteiger partial charge on any atom is -0.476 e. The molecule has 1 unspecified atom stereocenters. The molecule has 1 atom stereocenters. The fraction of sp³-hybridized carbons (Fsp3) is 0.300. The number of esters is 1. The summed E-state index contributed by atoms with van der Waals surface area (Å²) in [7, 11) is 1.23. The smallest absolute Gasteiger partial charge is 0.374 e. The van der Waals surface area contributed by atoms with Gasteiger partial charge in [-0.25, -0.2) is 4.79 Å². The van der Waals surface area contributed by atoms with E-state index in [2.05, 4.69) is 4.74 Å². The predicted molar refractivity (Wildman–Crippen MR) is 49.9 cm³/mol. The highest BCUT2D eigenvalue weighted by Crippen LogP contribution is 2.04. The van der Waals surface area contributed by atoms with Crippen LogP contribution in [0.2, 0.25) is 0 Å². The number of hydrogen-bond acceptors (Lipinski definition) is 3. The number of carbonyl (C=O) groups is 2. The van der Waals surface area contributed by atoms with Crippen LogP contribution in [0, 0.1) is 0 Å². The molecule has 0 saturated carbocycles. The molecule has 80 valence electrons. The van der Waals surface area contributed by atoms with E-state index in [4.69, 9.17) is 5.11 Å². The quantitative estimate of drug-likeness (QED) is 0.568. The van der Waals surface area contributed by atoms with Crippen LogP contribution in [0.25, 0.3) is 0 Å². The second-order valence-corrected chi connectivity index (χ2v) is 2.96. The molecule has 0 radical (unpaired) electrons. The lowest BCUT2D eigenvalue weighted by molar-refractivity contribution is -0.710. The average molecular weight is 210 g/mol. The number of pyridine rings is 1. The van der Waals surface area contributed by atoms with E-state index >= 15 is 0 Å². The monoisotopic (exact) mass is 210 g/mol. The molecule has 0 fully saturated rings. The molecule has 0 spiro atoms. The lowest BCUT2D eigenvalue weighted by Crippen LogP contribution is -2.44. The summed E-state index contributed by atoms with van der Waals surface area (Å²) in [5, 5.41) is 8.94. The molecule has 0 aromatic carbocycles. The number of methoxy groups -OCH3 is 1. The third-order valence-electron chi connectivity index (χ3n) is 1.97. The molecular weight excluding hydrogens is 198 g/mol. The summed E-state index contributed by atoms with van der Waals surface area (Å²) < 4.78 is 5.89. The topological polar surface area (TPSA) is 67.5 Å². The fourth-order valence-corrected chi connectivity index (χ4v) is 1.18. The first-order valence-corrected chi connectivity index (χ1v) is 4.40. The van der Waals surface area contributed by atoms with Crippen molar-refractivity contribution in [3.05, 3.63) is 30.6 Å². The number of rotatable bonds is 4. The number of aromatic nitrogens is 1. The van der Waals surface area contributed by atoms with Crippen LogP contribution in [0.3, 0.4) is 0 Å². The van der Waals surface area contributed by atoms with Gasteiger partial charge in [0.1, 0.15) is 6.42 Å². The zero-order valence-corrected chi connectivity index (χ0v) is 8.29. The van der Waals surface area contributed by atoms with Crippen LogP contribution in [-0.4, -0.2) is 24.2 Å². The van der Waals surface area contributed by atoms with Gasteiger partial charge in [-0.3, -0.25) is 4.79 Å². The summed E-state index contributed by atoms with van der Waals surface area (Å²) in [6.45, 7) is 0. The molecule has 1 aromatic heterocycles. The molecule has 0 amide bonds. The summed E-state index contributed by atoms with van der Waals surface area (Å²) in [5.74, 6) is -1.60. The Morgan fingerprint density at radius 1 is 1.33 bits per heavy atom. The Kier molecular flexibility index (Phi) is 3.79. The first-order chi connectivity index (χ1) is 7.15. The van der Waals surface area contributed by atoms with Gasteiger partial charge in [0.2, 0.25) is 0 Å². The third-order valence-corrected chi connectivity index (χ3v) is 1.97. The molecule has 15 heavy (non-hydrogen) atoms. The van der Waals surface area contributed by atoms with Gasteiger partial charge in [0, 0.05) is 12.1 Å². The highest BCUT2D eigenvalue weighted by molar-refractivity contribution is 5.78. The summed E-state index contributed by atoms with van der Waals surface area (Å²) in [4.78, 5) is 21.9. The maximum Gasteiger partial charge on any atom is 0.374 e. The fourth-order valence-electron chi connectivity index (χ4n) is 1.18. The van der Waals surface area contributed by atoms with Crippen molar-refractivity contribution in [2.24, 2.45) is 0 Å². The lowest BCUT2D eigenvalue weighted by atomic mass is 10.2. The number of aliphatic carboxylic acids is 1. The van der Waals surface area contributed by atoms with Crippen LogP contribution in [0.5, 0.6) is 0 Å². The van der Waals surface area contributed by atoms with E-state index in [1.165, 1.54) is 11.7 Å². The van der Waals surface area contributed by atoms with Crippen LogP contribution in [0.4, 0.5) is 0 Å². The highest BCUT2D eigenvalue weighted by atomic mass is 16.5.